The molecule has 1 aliphatic carbocycles. The highest BCUT2D eigenvalue weighted by Crippen LogP contribution is 2.41. The molecule has 2 aliphatic rings. The first-order valence-electron chi connectivity index (χ1n) is 11.5. The summed E-state index contributed by atoms with van der Waals surface area (Å²) in [6.45, 7) is 2.21. The van der Waals surface area contributed by atoms with Crippen molar-refractivity contribution >= 4 is 0 Å². The van der Waals surface area contributed by atoms with Crippen LogP contribution in [0.3, 0.4) is 0 Å². The second-order valence-electron chi connectivity index (χ2n) is 9.09. The van der Waals surface area contributed by atoms with E-state index in [4.69, 9.17) is 4.74 Å². The highest BCUT2D eigenvalue weighted by molar-refractivity contribution is 5.64. The lowest BCUT2D eigenvalue weighted by atomic mass is 9.76. The molecule has 2 fully saturated rings. The van der Waals surface area contributed by atoms with Crippen LogP contribution in [-0.2, 0) is 10.9 Å². The zero-order chi connectivity index (χ0) is 22.0. The fraction of sp³-hybridized carbons (Fsp3) is 0.538. The highest BCUT2D eigenvalue weighted by Gasteiger charge is 2.35. The van der Waals surface area contributed by atoms with Crippen molar-refractivity contribution in [2.24, 2.45) is 5.92 Å². The lowest BCUT2D eigenvalue weighted by molar-refractivity contribution is -0.139. The van der Waals surface area contributed by atoms with Gasteiger partial charge in [-0.05, 0) is 85.6 Å². The topological polar surface area (TPSA) is 9.23 Å². The SMILES string of the molecule is CCCC1CCC(C2CCC(c3ccc(-c4ccc(C(F)(F)F)c(F)c4)cc3)CC2)O1. The van der Waals surface area contributed by atoms with Gasteiger partial charge >= 0.3 is 6.18 Å². The molecule has 5 heteroatoms. The summed E-state index contributed by atoms with van der Waals surface area (Å²) in [4.78, 5) is 0. The van der Waals surface area contributed by atoms with E-state index in [0.717, 1.165) is 30.5 Å². The van der Waals surface area contributed by atoms with Crippen molar-refractivity contribution in [2.75, 3.05) is 0 Å². The zero-order valence-electron chi connectivity index (χ0n) is 17.9. The number of hydrogen-bond acceptors (Lipinski definition) is 1. The Balaban J connectivity index is 1.36. The molecule has 2 unspecified atom stereocenters. The second-order valence-corrected chi connectivity index (χ2v) is 9.09. The Bertz CT molecular complexity index is 866. The minimum absolute atomic E-state index is 0.425. The summed E-state index contributed by atoms with van der Waals surface area (Å²) in [5.41, 5.74) is 1.22. The molecule has 1 saturated carbocycles. The summed E-state index contributed by atoms with van der Waals surface area (Å²) in [6, 6.07) is 11.0. The van der Waals surface area contributed by atoms with Crippen LogP contribution in [0.4, 0.5) is 17.6 Å². The van der Waals surface area contributed by atoms with E-state index < -0.39 is 17.6 Å². The normalized spacial score (nSPS) is 26.9. The Kier molecular flexibility index (Phi) is 6.71. The van der Waals surface area contributed by atoms with Crippen molar-refractivity contribution in [3.63, 3.8) is 0 Å². The average molecular weight is 435 g/mol. The van der Waals surface area contributed by atoms with Gasteiger partial charge in [0.15, 0.2) is 0 Å². The van der Waals surface area contributed by atoms with Crippen LogP contribution >= 0.6 is 0 Å². The second kappa shape index (κ2) is 9.32. The average Bonchev–Trinajstić information content (AvgIpc) is 3.22. The quantitative estimate of drug-likeness (QED) is 0.432. The molecule has 31 heavy (non-hydrogen) atoms. The van der Waals surface area contributed by atoms with E-state index in [2.05, 4.69) is 6.92 Å². The molecule has 0 spiro atoms. The van der Waals surface area contributed by atoms with E-state index in [9.17, 15) is 17.6 Å². The van der Waals surface area contributed by atoms with Gasteiger partial charge in [-0.15, -0.1) is 0 Å². The maximum atomic E-state index is 13.9. The van der Waals surface area contributed by atoms with E-state index in [1.807, 2.05) is 24.3 Å². The van der Waals surface area contributed by atoms with Gasteiger partial charge in [-0.3, -0.25) is 0 Å². The molecular formula is C26H30F4O. The number of hydrogen-bond donors (Lipinski definition) is 0. The molecule has 1 saturated heterocycles. The number of halogens is 4. The van der Waals surface area contributed by atoms with Gasteiger partial charge in [0.05, 0.1) is 17.8 Å². The van der Waals surface area contributed by atoms with E-state index in [0.29, 0.717) is 29.6 Å². The Morgan fingerprint density at radius 1 is 0.871 bits per heavy atom. The van der Waals surface area contributed by atoms with Crippen LogP contribution < -0.4 is 0 Å². The predicted octanol–water partition coefficient (Wildman–Crippen LogP) is 8.13. The smallest absolute Gasteiger partial charge is 0.375 e. The van der Waals surface area contributed by atoms with Crippen LogP contribution in [0.5, 0.6) is 0 Å². The molecule has 0 radical (unpaired) electrons. The highest BCUT2D eigenvalue weighted by atomic mass is 19.4. The monoisotopic (exact) mass is 434 g/mol. The van der Waals surface area contributed by atoms with Gasteiger partial charge in [0.25, 0.3) is 0 Å². The number of benzene rings is 2. The Morgan fingerprint density at radius 3 is 2.16 bits per heavy atom. The van der Waals surface area contributed by atoms with E-state index in [1.54, 1.807) is 0 Å². The summed E-state index contributed by atoms with van der Waals surface area (Å²) < 4.78 is 58.5. The largest absolute Gasteiger partial charge is 0.419 e. The third-order valence-corrected chi connectivity index (χ3v) is 7.04. The molecule has 1 nitrogen and oxygen atoms in total. The first-order valence-corrected chi connectivity index (χ1v) is 11.5. The summed E-state index contributed by atoms with van der Waals surface area (Å²) in [7, 11) is 0. The summed E-state index contributed by atoms with van der Waals surface area (Å²) in [5.74, 6) is -0.0716. The molecule has 0 bridgehead atoms. The van der Waals surface area contributed by atoms with Crippen molar-refractivity contribution in [2.45, 2.75) is 82.6 Å². The number of ether oxygens (including phenoxy) is 1. The third kappa shape index (κ3) is 5.14. The molecule has 1 heterocycles. The minimum atomic E-state index is -4.67. The fourth-order valence-corrected chi connectivity index (χ4v) is 5.31. The summed E-state index contributed by atoms with van der Waals surface area (Å²) in [6.07, 6.45) is 5.58. The molecule has 2 aromatic carbocycles. The predicted molar refractivity (Wildman–Crippen MR) is 114 cm³/mol. The van der Waals surface area contributed by atoms with Crippen molar-refractivity contribution in [3.8, 4) is 11.1 Å². The van der Waals surface area contributed by atoms with Gasteiger partial charge in [-0.2, -0.15) is 13.2 Å². The third-order valence-electron chi connectivity index (χ3n) is 7.04. The van der Waals surface area contributed by atoms with Gasteiger partial charge < -0.3 is 4.74 Å². The minimum Gasteiger partial charge on any atom is -0.375 e. The van der Waals surface area contributed by atoms with Crippen LogP contribution in [0.25, 0.3) is 11.1 Å². The summed E-state index contributed by atoms with van der Waals surface area (Å²) >= 11 is 0. The van der Waals surface area contributed by atoms with Crippen LogP contribution in [0, 0.1) is 11.7 Å². The number of alkyl halides is 3. The van der Waals surface area contributed by atoms with Crippen molar-refractivity contribution in [3.05, 3.63) is 59.4 Å². The van der Waals surface area contributed by atoms with Gasteiger partial charge in [0, 0.05) is 0 Å². The lowest BCUT2D eigenvalue weighted by Gasteiger charge is -2.32. The van der Waals surface area contributed by atoms with Crippen molar-refractivity contribution in [1.82, 2.24) is 0 Å². The first kappa shape index (κ1) is 22.3. The molecule has 0 aromatic heterocycles. The first-order chi connectivity index (χ1) is 14.8. The van der Waals surface area contributed by atoms with E-state index in [1.165, 1.54) is 50.2 Å². The molecule has 168 valence electrons. The Morgan fingerprint density at radius 2 is 1.55 bits per heavy atom. The van der Waals surface area contributed by atoms with Gasteiger partial charge in [-0.1, -0.05) is 43.7 Å². The zero-order valence-corrected chi connectivity index (χ0v) is 17.9. The Hall–Kier alpha value is -1.88. The van der Waals surface area contributed by atoms with Crippen molar-refractivity contribution < 1.29 is 22.3 Å². The molecule has 2 atom stereocenters. The van der Waals surface area contributed by atoms with Gasteiger partial charge in [-0.25, -0.2) is 4.39 Å². The maximum Gasteiger partial charge on any atom is 0.419 e. The standard InChI is InChI=1S/C26H30F4O/c1-2-3-22-13-15-25(31-22)20-10-8-18(9-11-20)17-4-6-19(7-5-17)21-12-14-23(24(27)16-21)26(28,29)30/h4-7,12,14,16,18,20,22,25H,2-3,8-11,13,15H2,1H3. The fourth-order valence-electron chi connectivity index (χ4n) is 5.31. The molecular weight excluding hydrogens is 404 g/mol. The van der Waals surface area contributed by atoms with Crippen LogP contribution in [-0.4, -0.2) is 12.2 Å². The molecule has 0 amide bonds. The summed E-state index contributed by atoms with van der Waals surface area (Å²) in [5, 5.41) is 0. The Labute approximate surface area is 181 Å². The van der Waals surface area contributed by atoms with Crippen LogP contribution in [0.15, 0.2) is 42.5 Å². The van der Waals surface area contributed by atoms with E-state index in [-0.39, 0.29) is 0 Å². The van der Waals surface area contributed by atoms with Gasteiger partial charge in [0.1, 0.15) is 5.82 Å². The van der Waals surface area contributed by atoms with Crippen molar-refractivity contribution in [1.29, 1.82) is 0 Å². The van der Waals surface area contributed by atoms with Crippen LogP contribution in [0.2, 0.25) is 0 Å². The van der Waals surface area contributed by atoms with Gasteiger partial charge in [0.2, 0.25) is 0 Å². The molecule has 0 N–H and O–H groups in total. The molecule has 1 aliphatic heterocycles. The molecule has 2 aromatic rings. The number of rotatable bonds is 5. The molecule has 4 rings (SSSR count). The maximum absolute atomic E-state index is 13.9. The lowest BCUT2D eigenvalue weighted by Crippen LogP contribution is -2.25. The van der Waals surface area contributed by atoms with Crippen LogP contribution in [0.1, 0.15) is 75.3 Å². The van der Waals surface area contributed by atoms with E-state index >= 15 is 0 Å².